The minimum Gasteiger partial charge on any atom is -0.481 e. The summed E-state index contributed by atoms with van der Waals surface area (Å²) in [6.45, 7) is 0.635. The lowest BCUT2D eigenvalue weighted by Crippen LogP contribution is -2.06. The van der Waals surface area contributed by atoms with Crippen LogP contribution in [0.1, 0.15) is 35.0 Å². The maximum atomic E-state index is 10.7. The highest BCUT2D eigenvalue weighted by molar-refractivity contribution is 5.66. The first kappa shape index (κ1) is 18.5. The fourth-order valence-corrected chi connectivity index (χ4v) is 2.67. The van der Waals surface area contributed by atoms with Gasteiger partial charge in [-0.05, 0) is 35.4 Å². The second-order valence-corrected chi connectivity index (χ2v) is 6.16. The summed E-state index contributed by atoms with van der Waals surface area (Å²) in [5.41, 5.74) is 2.97. The van der Waals surface area contributed by atoms with E-state index < -0.39 is 12.1 Å². The van der Waals surface area contributed by atoms with Gasteiger partial charge in [0.25, 0.3) is 0 Å². The van der Waals surface area contributed by atoms with E-state index in [1.165, 1.54) is 0 Å². The van der Waals surface area contributed by atoms with Crippen LogP contribution in [0.2, 0.25) is 0 Å². The van der Waals surface area contributed by atoms with Gasteiger partial charge in [-0.15, -0.1) is 0 Å². The Bertz CT molecular complexity index is 883. The molecule has 1 atom stereocenters. The van der Waals surface area contributed by atoms with E-state index in [4.69, 9.17) is 5.11 Å². The molecule has 0 aliphatic carbocycles. The molecule has 6 heteroatoms. The molecule has 6 nitrogen and oxygen atoms in total. The predicted molar refractivity (Wildman–Crippen MR) is 102 cm³/mol. The van der Waals surface area contributed by atoms with Gasteiger partial charge >= 0.3 is 5.97 Å². The summed E-state index contributed by atoms with van der Waals surface area (Å²) < 4.78 is 0. The van der Waals surface area contributed by atoms with E-state index >= 15 is 0 Å². The number of rotatable bonds is 8. The average Bonchev–Trinajstić information content (AvgIpc) is 2.71. The van der Waals surface area contributed by atoms with Crippen LogP contribution in [0, 0.1) is 0 Å². The van der Waals surface area contributed by atoms with E-state index in [-0.39, 0.29) is 6.42 Å². The summed E-state index contributed by atoms with van der Waals surface area (Å²) >= 11 is 0. The number of hydrogen-bond donors (Lipinski definition) is 3. The van der Waals surface area contributed by atoms with Crippen LogP contribution in [0.4, 0.5) is 5.82 Å². The van der Waals surface area contributed by atoms with Gasteiger partial charge in [0.1, 0.15) is 11.9 Å². The number of carboxylic acids is 1. The highest BCUT2D eigenvalue weighted by atomic mass is 16.4. The molecule has 3 N–H and O–H groups in total. The topological polar surface area (TPSA) is 95.3 Å². The molecule has 0 radical (unpaired) electrons. The quantitative estimate of drug-likeness (QED) is 0.569. The Labute approximate surface area is 157 Å². The minimum atomic E-state index is -0.863. The molecule has 138 valence electrons. The lowest BCUT2D eigenvalue weighted by molar-refractivity contribution is -0.136. The van der Waals surface area contributed by atoms with Crippen molar-refractivity contribution in [2.45, 2.75) is 25.5 Å². The van der Waals surface area contributed by atoms with Crippen LogP contribution in [0.5, 0.6) is 0 Å². The Morgan fingerprint density at radius 2 is 1.85 bits per heavy atom. The highest BCUT2D eigenvalue weighted by Crippen LogP contribution is 2.21. The molecular formula is C21H21N3O3. The van der Waals surface area contributed by atoms with Crippen LogP contribution in [-0.4, -0.2) is 26.2 Å². The van der Waals surface area contributed by atoms with Gasteiger partial charge in [-0.1, -0.05) is 36.4 Å². The van der Waals surface area contributed by atoms with Gasteiger partial charge in [-0.3, -0.25) is 9.78 Å². The Balaban J connectivity index is 1.64. The maximum Gasteiger partial charge on any atom is 0.303 e. The summed E-state index contributed by atoms with van der Waals surface area (Å²) in [7, 11) is 0. The number of benzene rings is 1. The van der Waals surface area contributed by atoms with E-state index in [1.807, 2.05) is 42.5 Å². The lowest BCUT2D eigenvalue weighted by Gasteiger charge is -2.13. The van der Waals surface area contributed by atoms with Crippen molar-refractivity contribution < 1.29 is 15.0 Å². The van der Waals surface area contributed by atoms with Crippen molar-refractivity contribution in [1.82, 2.24) is 9.97 Å². The van der Waals surface area contributed by atoms with Gasteiger partial charge in [0.15, 0.2) is 0 Å². The molecule has 0 spiro atoms. The SMILES string of the molecule is O=C(O)CCc1cccc(C(O)c2ccc(CNc3ccccn3)cc2)n1. The first-order valence-electron chi connectivity index (χ1n) is 8.71. The van der Waals surface area contributed by atoms with Gasteiger partial charge in [-0.2, -0.15) is 0 Å². The maximum absolute atomic E-state index is 10.7. The number of nitrogens with one attached hydrogen (secondary N) is 1. The predicted octanol–water partition coefficient (Wildman–Crippen LogP) is 3.19. The summed E-state index contributed by atoms with van der Waals surface area (Å²) in [4.78, 5) is 19.3. The third kappa shape index (κ3) is 5.36. The molecule has 0 bridgehead atoms. The van der Waals surface area contributed by atoms with Crippen LogP contribution in [0.25, 0.3) is 0 Å². The molecule has 1 unspecified atom stereocenters. The molecule has 3 aromatic rings. The van der Waals surface area contributed by atoms with E-state index in [1.54, 1.807) is 24.4 Å². The number of aliphatic hydroxyl groups excluding tert-OH is 1. The number of aliphatic hydroxyl groups is 1. The zero-order valence-corrected chi connectivity index (χ0v) is 14.7. The van der Waals surface area contributed by atoms with Crippen molar-refractivity contribution in [3.63, 3.8) is 0 Å². The summed E-state index contributed by atoms with van der Waals surface area (Å²) in [6, 6.07) is 18.6. The summed E-state index contributed by atoms with van der Waals surface area (Å²) in [6.07, 6.45) is 1.24. The van der Waals surface area contributed by atoms with E-state index in [9.17, 15) is 9.90 Å². The second kappa shape index (κ2) is 8.91. The summed E-state index contributed by atoms with van der Waals surface area (Å²) in [5, 5.41) is 22.6. The van der Waals surface area contributed by atoms with Gasteiger partial charge in [0, 0.05) is 24.9 Å². The van der Waals surface area contributed by atoms with Gasteiger partial charge < -0.3 is 15.5 Å². The Morgan fingerprint density at radius 1 is 1.04 bits per heavy atom. The Hall–Kier alpha value is -3.25. The standard InChI is InChI=1S/C21H21N3O3/c25-20(26)12-11-17-4-3-5-18(24-17)21(27)16-9-7-15(8-10-16)14-23-19-6-1-2-13-22-19/h1-10,13,21,27H,11-12,14H2,(H,22,23)(H,25,26). The summed E-state index contributed by atoms with van der Waals surface area (Å²) in [5.74, 6) is -0.0540. The number of carbonyl (C=O) groups is 1. The van der Waals surface area contributed by atoms with Crippen molar-refractivity contribution in [1.29, 1.82) is 0 Å². The normalized spacial score (nSPS) is 11.7. The number of anilines is 1. The lowest BCUT2D eigenvalue weighted by atomic mass is 10.0. The molecule has 1 aromatic carbocycles. The minimum absolute atomic E-state index is 0.0184. The molecule has 0 aliphatic rings. The van der Waals surface area contributed by atoms with Crippen molar-refractivity contribution in [2.24, 2.45) is 0 Å². The van der Waals surface area contributed by atoms with Crippen LogP contribution in [0.3, 0.4) is 0 Å². The molecule has 0 aliphatic heterocycles. The number of aryl methyl sites for hydroxylation is 1. The first-order chi connectivity index (χ1) is 13.1. The van der Waals surface area contributed by atoms with Gasteiger partial charge in [-0.25, -0.2) is 4.98 Å². The smallest absolute Gasteiger partial charge is 0.303 e. The Morgan fingerprint density at radius 3 is 2.56 bits per heavy atom. The Kier molecular flexibility index (Phi) is 6.12. The van der Waals surface area contributed by atoms with Gasteiger partial charge in [0.2, 0.25) is 0 Å². The molecule has 3 rings (SSSR count). The van der Waals surface area contributed by atoms with Crippen LogP contribution in [-0.2, 0) is 17.8 Å². The molecule has 0 saturated heterocycles. The van der Waals surface area contributed by atoms with Crippen LogP contribution >= 0.6 is 0 Å². The van der Waals surface area contributed by atoms with E-state index in [0.717, 1.165) is 16.9 Å². The average molecular weight is 363 g/mol. The first-order valence-corrected chi connectivity index (χ1v) is 8.71. The van der Waals surface area contributed by atoms with Crippen molar-refractivity contribution in [3.05, 3.63) is 89.4 Å². The second-order valence-electron chi connectivity index (χ2n) is 6.16. The molecule has 0 fully saturated rings. The third-order valence-electron chi connectivity index (χ3n) is 4.14. The monoisotopic (exact) mass is 363 g/mol. The molecule has 0 amide bonds. The van der Waals surface area contributed by atoms with Crippen molar-refractivity contribution >= 4 is 11.8 Å². The zero-order valence-electron chi connectivity index (χ0n) is 14.7. The van der Waals surface area contributed by atoms with Crippen LogP contribution < -0.4 is 5.32 Å². The molecular weight excluding hydrogens is 342 g/mol. The van der Waals surface area contributed by atoms with E-state index in [2.05, 4.69) is 15.3 Å². The molecule has 2 aromatic heterocycles. The number of carboxylic acid groups (broad SMARTS) is 1. The number of aromatic nitrogens is 2. The van der Waals surface area contributed by atoms with E-state index in [0.29, 0.717) is 24.4 Å². The fraction of sp³-hybridized carbons (Fsp3) is 0.190. The molecule has 2 heterocycles. The fourth-order valence-electron chi connectivity index (χ4n) is 2.67. The highest BCUT2D eigenvalue weighted by Gasteiger charge is 2.13. The number of hydrogen-bond acceptors (Lipinski definition) is 5. The number of aliphatic carboxylic acids is 1. The number of pyridine rings is 2. The van der Waals surface area contributed by atoms with Crippen LogP contribution in [0.15, 0.2) is 66.9 Å². The number of nitrogens with zero attached hydrogens (tertiary/aromatic N) is 2. The largest absolute Gasteiger partial charge is 0.481 e. The van der Waals surface area contributed by atoms with Crippen molar-refractivity contribution in [3.8, 4) is 0 Å². The molecule has 0 saturated carbocycles. The van der Waals surface area contributed by atoms with Crippen molar-refractivity contribution in [2.75, 3.05) is 5.32 Å². The third-order valence-corrected chi connectivity index (χ3v) is 4.14. The molecule has 27 heavy (non-hydrogen) atoms. The van der Waals surface area contributed by atoms with Gasteiger partial charge in [0.05, 0.1) is 12.1 Å². The zero-order chi connectivity index (χ0) is 19.1.